The van der Waals surface area contributed by atoms with Gasteiger partial charge in [0, 0.05) is 18.7 Å². The van der Waals surface area contributed by atoms with E-state index in [1.807, 2.05) is 29.7 Å². The van der Waals surface area contributed by atoms with Crippen LogP contribution in [0.2, 0.25) is 5.02 Å². The van der Waals surface area contributed by atoms with Crippen LogP contribution in [0, 0.1) is 0 Å². The predicted molar refractivity (Wildman–Crippen MR) is 82.2 cm³/mol. The Balaban J connectivity index is 1.84. The smallest absolute Gasteiger partial charge is 0.176 e. The molecule has 0 atom stereocenters. The first-order chi connectivity index (χ1) is 10.7. The molecule has 1 aromatic carbocycles. The lowest BCUT2D eigenvalue weighted by Gasteiger charge is -2.27. The van der Waals surface area contributed by atoms with Crippen molar-refractivity contribution in [2.24, 2.45) is 0 Å². The topological polar surface area (TPSA) is 81.4 Å². The number of ether oxygens (including phenoxy) is 1. The van der Waals surface area contributed by atoms with E-state index in [1.165, 1.54) is 6.07 Å². The second-order valence-corrected chi connectivity index (χ2v) is 5.27. The standard InChI is InChI=1S/C14H14ClFN4O2/c15-11-5-12(17)14(20-22-16)19-13(11)8-1-3-9(4-2-8)21-10-6-18-7-10/h1-5,10,18H,6-7,17H2,(H,19,20). The molecule has 0 saturated carbocycles. The monoisotopic (exact) mass is 324 g/mol. The number of hydrogen-bond acceptors (Lipinski definition) is 6. The average molecular weight is 325 g/mol. The molecule has 3 rings (SSSR count). The molecule has 2 aromatic rings. The Morgan fingerprint density at radius 2 is 2.05 bits per heavy atom. The average Bonchev–Trinajstić information content (AvgIpc) is 2.47. The van der Waals surface area contributed by atoms with Crippen LogP contribution in [0.25, 0.3) is 11.3 Å². The van der Waals surface area contributed by atoms with E-state index in [-0.39, 0.29) is 17.6 Å². The molecule has 4 N–H and O–H groups in total. The van der Waals surface area contributed by atoms with E-state index in [2.05, 4.69) is 15.3 Å². The van der Waals surface area contributed by atoms with Crippen LogP contribution in [0.1, 0.15) is 0 Å². The van der Waals surface area contributed by atoms with Crippen molar-refractivity contribution in [1.29, 1.82) is 0 Å². The van der Waals surface area contributed by atoms with Crippen molar-refractivity contribution >= 4 is 23.1 Å². The second kappa shape index (κ2) is 6.35. The van der Waals surface area contributed by atoms with Gasteiger partial charge in [-0.15, -0.1) is 0 Å². The lowest BCUT2D eigenvalue weighted by molar-refractivity contribution is -0.0977. The lowest BCUT2D eigenvalue weighted by atomic mass is 10.1. The molecule has 8 heteroatoms. The van der Waals surface area contributed by atoms with Crippen molar-refractivity contribution in [2.75, 3.05) is 24.3 Å². The number of nitrogens with two attached hydrogens (primary N) is 1. The molecular weight excluding hydrogens is 311 g/mol. The summed E-state index contributed by atoms with van der Waals surface area (Å²) in [6.45, 7) is 1.71. The van der Waals surface area contributed by atoms with Gasteiger partial charge >= 0.3 is 0 Å². The van der Waals surface area contributed by atoms with Crippen LogP contribution in [0.3, 0.4) is 0 Å². The van der Waals surface area contributed by atoms with E-state index >= 15 is 0 Å². The highest BCUT2D eigenvalue weighted by atomic mass is 35.5. The summed E-state index contributed by atoms with van der Waals surface area (Å²) in [5, 5.41) is 6.86. The van der Waals surface area contributed by atoms with Gasteiger partial charge < -0.3 is 15.8 Å². The van der Waals surface area contributed by atoms with Crippen LogP contribution >= 0.6 is 11.6 Å². The van der Waals surface area contributed by atoms with E-state index in [0.29, 0.717) is 10.7 Å². The van der Waals surface area contributed by atoms with Gasteiger partial charge in [-0.05, 0) is 34.9 Å². The van der Waals surface area contributed by atoms with Crippen molar-refractivity contribution < 1.29 is 14.3 Å². The Bertz CT molecular complexity index is 665. The predicted octanol–water partition coefficient (Wildman–Crippen LogP) is 2.56. The number of nitrogen functional groups attached to an aromatic ring is 1. The Labute approximate surface area is 131 Å². The Hall–Kier alpha value is -2.09. The number of halogens is 2. The summed E-state index contributed by atoms with van der Waals surface area (Å²) in [4.78, 5) is 4.17. The number of pyridine rings is 1. The van der Waals surface area contributed by atoms with Gasteiger partial charge in [-0.25, -0.2) is 10.5 Å². The summed E-state index contributed by atoms with van der Waals surface area (Å²) >= 11 is 6.15. The van der Waals surface area contributed by atoms with Crippen LogP contribution in [-0.4, -0.2) is 24.2 Å². The van der Waals surface area contributed by atoms with Gasteiger partial charge in [0.1, 0.15) is 11.9 Å². The Morgan fingerprint density at radius 3 is 2.64 bits per heavy atom. The van der Waals surface area contributed by atoms with Crippen molar-refractivity contribution in [3.05, 3.63) is 35.4 Å². The van der Waals surface area contributed by atoms with Gasteiger partial charge in [0.15, 0.2) is 5.82 Å². The summed E-state index contributed by atoms with van der Waals surface area (Å²) in [6.07, 6.45) is 0.210. The third-order valence-electron chi connectivity index (χ3n) is 3.32. The van der Waals surface area contributed by atoms with Gasteiger partial charge in [-0.2, -0.15) is 0 Å². The van der Waals surface area contributed by atoms with Crippen LogP contribution < -0.4 is 21.3 Å². The van der Waals surface area contributed by atoms with E-state index in [0.717, 1.165) is 24.4 Å². The minimum Gasteiger partial charge on any atom is -0.488 e. The van der Waals surface area contributed by atoms with Crippen molar-refractivity contribution in [3.8, 4) is 17.0 Å². The number of anilines is 2. The van der Waals surface area contributed by atoms with Gasteiger partial charge in [0.25, 0.3) is 0 Å². The van der Waals surface area contributed by atoms with Crippen molar-refractivity contribution in [2.45, 2.75) is 6.10 Å². The molecule has 0 aliphatic carbocycles. The summed E-state index contributed by atoms with van der Waals surface area (Å²) in [7, 11) is 0. The molecule has 1 aliphatic rings. The fourth-order valence-corrected chi connectivity index (χ4v) is 2.32. The zero-order valence-electron chi connectivity index (χ0n) is 11.5. The van der Waals surface area contributed by atoms with E-state index < -0.39 is 0 Å². The molecule has 1 saturated heterocycles. The van der Waals surface area contributed by atoms with E-state index in [1.54, 1.807) is 0 Å². The highest BCUT2D eigenvalue weighted by Gasteiger charge is 2.18. The number of benzene rings is 1. The molecule has 0 spiro atoms. The fraction of sp³-hybridized carbons (Fsp3) is 0.214. The second-order valence-electron chi connectivity index (χ2n) is 4.86. The lowest BCUT2D eigenvalue weighted by Crippen LogP contribution is -2.50. The quantitative estimate of drug-likeness (QED) is 0.733. The number of aromatic nitrogens is 1. The normalized spacial score (nSPS) is 14.5. The first kappa shape index (κ1) is 14.8. The van der Waals surface area contributed by atoms with Crippen LogP contribution in [0.5, 0.6) is 5.75 Å². The maximum absolute atomic E-state index is 11.9. The highest BCUT2D eigenvalue weighted by Crippen LogP contribution is 2.32. The minimum absolute atomic E-state index is 0.0581. The van der Waals surface area contributed by atoms with Crippen LogP contribution in [0.15, 0.2) is 30.3 Å². The molecular formula is C14H14ClFN4O2. The highest BCUT2D eigenvalue weighted by molar-refractivity contribution is 6.33. The first-order valence-corrected chi connectivity index (χ1v) is 7.02. The summed E-state index contributed by atoms with van der Waals surface area (Å²) in [5.41, 5.74) is 9.05. The maximum atomic E-state index is 11.9. The zero-order chi connectivity index (χ0) is 15.5. The first-order valence-electron chi connectivity index (χ1n) is 6.65. The fourth-order valence-electron chi connectivity index (χ4n) is 2.05. The molecule has 22 heavy (non-hydrogen) atoms. The third kappa shape index (κ3) is 3.06. The largest absolute Gasteiger partial charge is 0.488 e. The van der Waals surface area contributed by atoms with Gasteiger partial charge in [0.05, 0.1) is 16.4 Å². The Morgan fingerprint density at radius 1 is 1.32 bits per heavy atom. The summed E-state index contributed by atoms with van der Waals surface area (Å²) in [6, 6.07) is 8.80. The van der Waals surface area contributed by atoms with E-state index in [9.17, 15) is 4.53 Å². The molecule has 1 fully saturated rings. The Kier molecular flexibility index (Phi) is 4.28. The van der Waals surface area contributed by atoms with E-state index in [4.69, 9.17) is 22.1 Å². The maximum Gasteiger partial charge on any atom is 0.176 e. The molecule has 2 heterocycles. The third-order valence-corrected chi connectivity index (χ3v) is 3.60. The van der Waals surface area contributed by atoms with Crippen molar-refractivity contribution in [1.82, 2.24) is 10.3 Å². The van der Waals surface area contributed by atoms with Gasteiger partial charge in [-0.1, -0.05) is 16.6 Å². The SMILES string of the molecule is Nc1cc(Cl)c(-c2ccc(OC3CNC3)cc2)nc1NOF. The summed E-state index contributed by atoms with van der Waals surface area (Å²) in [5.74, 6) is 0.829. The minimum atomic E-state index is 0.0581. The van der Waals surface area contributed by atoms with Gasteiger partial charge in [-0.3, -0.25) is 0 Å². The van der Waals surface area contributed by atoms with Gasteiger partial charge in [0.2, 0.25) is 0 Å². The molecule has 6 nitrogen and oxygen atoms in total. The van der Waals surface area contributed by atoms with Crippen LogP contribution in [-0.2, 0) is 5.04 Å². The van der Waals surface area contributed by atoms with Crippen LogP contribution in [0.4, 0.5) is 16.0 Å². The molecule has 116 valence electrons. The molecule has 0 amide bonds. The molecule has 1 aliphatic heterocycles. The number of rotatable bonds is 5. The number of nitrogens with one attached hydrogen (secondary N) is 2. The summed E-state index contributed by atoms with van der Waals surface area (Å²) < 4.78 is 17.7. The number of hydrogen-bond donors (Lipinski definition) is 3. The zero-order valence-corrected chi connectivity index (χ0v) is 12.2. The molecule has 1 aromatic heterocycles. The molecule has 0 radical (unpaired) electrons. The number of nitrogens with zero attached hydrogens (tertiary/aromatic N) is 1. The van der Waals surface area contributed by atoms with Crippen molar-refractivity contribution in [3.63, 3.8) is 0 Å². The molecule has 0 unspecified atom stereocenters. The molecule has 0 bridgehead atoms.